The number of alkyl halides is 3. The average Bonchev–Trinajstić information content (AvgIpc) is 2.95. The van der Waals surface area contributed by atoms with Gasteiger partial charge in [0.1, 0.15) is 11.5 Å². The van der Waals surface area contributed by atoms with Crippen LogP contribution in [0.4, 0.5) is 13.2 Å². The van der Waals surface area contributed by atoms with Crippen LogP contribution in [0.1, 0.15) is 37.4 Å². The second-order valence-electron chi connectivity index (χ2n) is 8.77. The van der Waals surface area contributed by atoms with E-state index < -0.39 is 17.7 Å². The second kappa shape index (κ2) is 12.3. The van der Waals surface area contributed by atoms with Gasteiger partial charge in [-0.3, -0.25) is 4.79 Å². The summed E-state index contributed by atoms with van der Waals surface area (Å²) in [6.07, 6.45) is -3.93. The topological polar surface area (TPSA) is 55.8 Å². The smallest absolute Gasteiger partial charge is 0.419 e. The maximum absolute atomic E-state index is 13.5. The van der Waals surface area contributed by atoms with Crippen molar-refractivity contribution < 1.29 is 32.2 Å². The number of halogens is 3. The quantitative estimate of drug-likeness (QED) is 0.214. The van der Waals surface area contributed by atoms with Gasteiger partial charge >= 0.3 is 12.1 Å². The summed E-state index contributed by atoms with van der Waals surface area (Å²) in [4.78, 5) is 27.0. The van der Waals surface area contributed by atoms with Crippen molar-refractivity contribution in [3.8, 4) is 11.5 Å². The van der Waals surface area contributed by atoms with Gasteiger partial charge in [-0.25, -0.2) is 4.79 Å². The lowest BCUT2D eigenvalue weighted by molar-refractivity contribution is -0.138. The van der Waals surface area contributed by atoms with E-state index in [-0.39, 0.29) is 17.4 Å². The molecule has 4 aromatic rings. The van der Waals surface area contributed by atoms with Gasteiger partial charge in [0, 0.05) is 18.7 Å². The molecule has 200 valence electrons. The third-order valence-electron chi connectivity index (χ3n) is 6.07. The van der Waals surface area contributed by atoms with Crippen molar-refractivity contribution in [2.45, 2.75) is 19.1 Å². The Labute approximate surface area is 224 Å². The van der Waals surface area contributed by atoms with Crippen molar-refractivity contribution in [1.82, 2.24) is 4.90 Å². The van der Waals surface area contributed by atoms with E-state index in [4.69, 9.17) is 9.47 Å². The predicted octanol–water partition coefficient (Wildman–Crippen LogP) is 7.17. The van der Waals surface area contributed by atoms with Gasteiger partial charge in [-0.05, 0) is 66.1 Å². The van der Waals surface area contributed by atoms with Crippen molar-refractivity contribution in [2.75, 3.05) is 13.7 Å². The van der Waals surface area contributed by atoms with Crippen LogP contribution < -0.4 is 4.74 Å². The van der Waals surface area contributed by atoms with Gasteiger partial charge in [-0.15, -0.1) is 0 Å². The number of esters is 1. The third-order valence-corrected chi connectivity index (χ3v) is 6.07. The number of hydrogen-bond acceptors (Lipinski definition) is 4. The number of para-hydroxylation sites is 1. The fraction of sp³-hybridized carbons (Fsp3) is 0.161. The van der Waals surface area contributed by atoms with E-state index in [1.165, 1.54) is 49.6 Å². The summed E-state index contributed by atoms with van der Waals surface area (Å²) in [5.41, 5.74) is 1.79. The number of benzene rings is 4. The van der Waals surface area contributed by atoms with Gasteiger partial charge in [0.25, 0.3) is 5.91 Å². The number of ether oxygens (including phenoxy) is 2. The molecule has 0 atom stereocenters. The molecule has 8 heteroatoms. The standard InChI is InChI=1S/C31H26F3NO4/c1-38-30(37)25-13-11-23(12-14-25)21-35(20-19-22-7-3-2-4-8-22)29(36)24-15-17-26(18-16-24)39-28-10-6-5-9-27(28)31(32,33)34/h2-18H,19-21H2,1H3. The fourth-order valence-corrected chi connectivity index (χ4v) is 4.01. The van der Waals surface area contributed by atoms with E-state index in [1.807, 2.05) is 30.3 Å². The minimum absolute atomic E-state index is 0.178. The summed E-state index contributed by atoms with van der Waals surface area (Å²) in [6, 6.07) is 27.6. The second-order valence-corrected chi connectivity index (χ2v) is 8.77. The third kappa shape index (κ3) is 7.25. The highest BCUT2D eigenvalue weighted by Crippen LogP contribution is 2.37. The SMILES string of the molecule is COC(=O)c1ccc(CN(CCc2ccccc2)C(=O)c2ccc(Oc3ccccc3C(F)(F)F)cc2)cc1. The van der Waals surface area contributed by atoms with E-state index in [1.54, 1.807) is 29.2 Å². The van der Waals surface area contributed by atoms with Gasteiger partial charge in [0.05, 0.1) is 18.2 Å². The van der Waals surface area contributed by atoms with E-state index in [0.717, 1.165) is 17.2 Å². The number of rotatable bonds is 9. The molecule has 0 radical (unpaired) electrons. The van der Waals surface area contributed by atoms with Crippen LogP contribution in [0.2, 0.25) is 0 Å². The minimum atomic E-state index is -4.55. The fourth-order valence-electron chi connectivity index (χ4n) is 4.01. The molecule has 0 fully saturated rings. The van der Waals surface area contributed by atoms with E-state index >= 15 is 0 Å². The highest BCUT2D eigenvalue weighted by atomic mass is 19.4. The molecular weight excluding hydrogens is 507 g/mol. The summed E-state index contributed by atoms with van der Waals surface area (Å²) in [5.74, 6) is -0.828. The zero-order valence-electron chi connectivity index (χ0n) is 21.2. The number of hydrogen-bond donors (Lipinski definition) is 0. The maximum atomic E-state index is 13.5. The molecule has 0 aromatic heterocycles. The Hall–Kier alpha value is -4.59. The van der Waals surface area contributed by atoms with Crippen LogP contribution in [0.3, 0.4) is 0 Å². The van der Waals surface area contributed by atoms with Crippen LogP contribution in [0.5, 0.6) is 11.5 Å². The summed E-state index contributed by atoms with van der Waals surface area (Å²) in [6.45, 7) is 0.725. The van der Waals surface area contributed by atoms with Crippen molar-refractivity contribution in [3.05, 3.63) is 131 Å². The van der Waals surface area contributed by atoms with E-state index in [9.17, 15) is 22.8 Å². The Bertz CT molecular complexity index is 1400. The summed E-state index contributed by atoms with van der Waals surface area (Å²) >= 11 is 0. The van der Waals surface area contributed by atoms with Gasteiger partial charge in [-0.2, -0.15) is 13.2 Å². The number of methoxy groups -OCH3 is 1. The molecule has 0 unspecified atom stereocenters. The zero-order valence-corrected chi connectivity index (χ0v) is 21.2. The monoisotopic (exact) mass is 533 g/mol. The lowest BCUT2D eigenvalue weighted by Gasteiger charge is -2.23. The molecule has 0 heterocycles. The molecule has 1 amide bonds. The lowest BCUT2D eigenvalue weighted by Crippen LogP contribution is -2.32. The van der Waals surface area contributed by atoms with Crippen molar-refractivity contribution in [2.24, 2.45) is 0 Å². The first kappa shape index (κ1) is 27.4. The summed E-state index contributed by atoms with van der Waals surface area (Å²) < 4.78 is 50.2. The number of carbonyl (C=O) groups is 2. The minimum Gasteiger partial charge on any atom is -0.465 e. The molecule has 0 bridgehead atoms. The Kier molecular flexibility index (Phi) is 8.66. The molecule has 4 aromatic carbocycles. The molecule has 4 rings (SSSR count). The summed E-state index contributed by atoms with van der Waals surface area (Å²) in [7, 11) is 1.31. The Morgan fingerprint density at radius 2 is 1.36 bits per heavy atom. The molecule has 0 aliphatic carbocycles. The first-order valence-corrected chi connectivity index (χ1v) is 12.2. The van der Waals surface area contributed by atoms with Gasteiger partial charge in [-0.1, -0.05) is 54.6 Å². The van der Waals surface area contributed by atoms with E-state index in [0.29, 0.717) is 30.6 Å². The Balaban J connectivity index is 1.52. The first-order valence-electron chi connectivity index (χ1n) is 12.2. The molecule has 0 saturated heterocycles. The summed E-state index contributed by atoms with van der Waals surface area (Å²) in [5, 5.41) is 0. The lowest BCUT2D eigenvalue weighted by atomic mass is 10.1. The Morgan fingerprint density at radius 1 is 0.744 bits per heavy atom. The van der Waals surface area contributed by atoms with Crippen LogP contribution >= 0.6 is 0 Å². The largest absolute Gasteiger partial charge is 0.465 e. The van der Waals surface area contributed by atoms with Crippen LogP contribution in [-0.2, 0) is 23.9 Å². The molecular formula is C31H26F3NO4. The van der Waals surface area contributed by atoms with Gasteiger partial charge in [0.2, 0.25) is 0 Å². The van der Waals surface area contributed by atoms with E-state index in [2.05, 4.69) is 0 Å². The molecule has 5 nitrogen and oxygen atoms in total. The molecule has 39 heavy (non-hydrogen) atoms. The van der Waals surface area contributed by atoms with Gasteiger partial charge in [0.15, 0.2) is 0 Å². The molecule has 0 aliphatic heterocycles. The van der Waals surface area contributed by atoms with Gasteiger partial charge < -0.3 is 14.4 Å². The highest BCUT2D eigenvalue weighted by Gasteiger charge is 2.34. The van der Waals surface area contributed by atoms with Crippen molar-refractivity contribution >= 4 is 11.9 Å². The molecule has 0 spiro atoms. The normalized spacial score (nSPS) is 11.1. The maximum Gasteiger partial charge on any atom is 0.419 e. The number of carbonyl (C=O) groups excluding carboxylic acids is 2. The number of nitrogens with zero attached hydrogens (tertiary/aromatic N) is 1. The van der Waals surface area contributed by atoms with Crippen molar-refractivity contribution in [3.63, 3.8) is 0 Å². The highest BCUT2D eigenvalue weighted by molar-refractivity contribution is 5.94. The zero-order chi connectivity index (χ0) is 27.8. The van der Waals surface area contributed by atoms with Crippen LogP contribution in [0, 0.1) is 0 Å². The average molecular weight is 534 g/mol. The number of amides is 1. The molecule has 0 saturated carbocycles. The van der Waals surface area contributed by atoms with Crippen LogP contribution in [0.15, 0.2) is 103 Å². The molecule has 0 aliphatic rings. The molecule has 0 N–H and O–H groups in total. The Morgan fingerprint density at radius 3 is 2.00 bits per heavy atom. The first-order chi connectivity index (χ1) is 18.7. The van der Waals surface area contributed by atoms with Crippen LogP contribution in [-0.4, -0.2) is 30.4 Å². The predicted molar refractivity (Wildman–Crippen MR) is 141 cm³/mol. The van der Waals surface area contributed by atoms with Crippen LogP contribution in [0.25, 0.3) is 0 Å². The van der Waals surface area contributed by atoms with Crippen molar-refractivity contribution in [1.29, 1.82) is 0 Å².